The van der Waals surface area contributed by atoms with Crippen LogP contribution in [0.4, 0.5) is 0 Å². The molecule has 68 valence electrons. The van der Waals surface area contributed by atoms with Gasteiger partial charge in [-0.3, -0.25) is 0 Å². The Kier molecular flexibility index (Phi) is 4.74. The van der Waals surface area contributed by atoms with Crippen molar-refractivity contribution in [2.75, 3.05) is 0 Å². The molecule has 0 heterocycles. The second-order valence-corrected chi connectivity index (χ2v) is 4.09. The van der Waals surface area contributed by atoms with Gasteiger partial charge in [-0.1, -0.05) is 20.3 Å². The first-order valence-electron chi connectivity index (χ1n) is 4.79. The van der Waals surface area contributed by atoms with Crippen LogP contribution in [-0.2, 0) is 0 Å². The van der Waals surface area contributed by atoms with Crippen molar-refractivity contribution in [2.45, 2.75) is 65.5 Å². The van der Waals surface area contributed by atoms with E-state index in [4.69, 9.17) is 0 Å². The summed E-state index contributed by atoms with van der Waals surface area (Å²) in [5, 5.41) is 3.61. The van der Waals surface area contributed by atoms with Crippen LogP contribution in [0.15, 0.2) is 0 Å². The van der Waals surface area contributed by atoms with Gasteiger partial charge < -0.3 is 5.32 Å². The summed E-state index contributed by atoms with van der Waals surface area (Å²) in [7, 11) is 0. The third-order valence-electron chi connectivity index (χ3n) is 2.12. The zero-order valence-electron chi connectivity index (χ0n) is 8.70. The summed E-state index contributed by atoms with van der Waals surface area (Å²) in [6.45, 7) is 11.3. The highest BCUT2D eigenvalue weighted by Crippen LogP contribution is 2.12. The third-order valence-corrected chi connectivity index (χ3v) is 2.12. The molecule has 0 rings (SSSR count). The molecule has 0 aliphatic heterocycles. The molecule has 0 aromatic rings. The van der Waals surface area contributed by atoms with Crippen molar-refractivity contribution in [1.29, 1.82) is 0 Å². The molecule has 1 atom stereocenters. The van der Waals surface area contributed by atoms with Crippen LogP contribution in [-0.4, -0.2) is 11.6 Å². The Hall–Kier alpha value is -0.0400. The zero-order chi connectivity index (χ0) is 8.91. The maximum Gasteiger partial charge on any atom is 0.0127 e. The molecule has 0 fully saturated rings. The average Bonchev–Trinajstić information content (AvgIpc) is 1.86. The van der Waals surface area contributed by atoms with E-state index >= 15 is 0 Å². The Labute approximate surface area is 71.6 Å². The van der Waals surface area contributed by atoms with Gasteiger partial charge in [0, 0.05) is 11.6 Å². The van der Waals surface area contributed by atoms with Gasteiger partial charge in [-0.25, -0.2) is 0 Å². The Bertz CT molecular complexity index is 97.0. The van der Waals surface area contributed by atoms with Crippen LogP contribution in [0.3, 0.4) is 0 Å². The van der Waals surface area contributed by atoms with E-state index in [1.807, 2.05) is 0 Å². The molecule has 1 N–H and O–H groups in total. The Balaban J connectivity index is 3.70. The highest BCUT2D eigenvalue weighted by Gasteiger charge is 2.17. The van der Waals surface area contributed by atoms with Gasteiger partial charge in [-0.05, 0) is 33.6 Å². The van der Waals surface area contributed by atoms with Gasteiger partial charge in [0.25, 0.3) is 0 Å². The molecule has 11 heavy (non-hydrogen) atoms. The second-order valence-electron chi connectivity index (χ2n) is 4.09. The molecule has 0 amide bonds. The standard InChI is InChI=1S/C10H23N/c1-6-8-10(4,5)11-9(3)7-2/h9,11H,6-8H2,1-5H3. The number of nitrogens with one attached hydrogen (secondary N) is 1. The van der Waals surface area contributed by atoms with Crippen molar-refractivity contribution < 1.29 is 0 Å². The molecule has 0 spiro atoms. The first-order valence-corrected chi connectivity index (χ1v) is 4.79. The van der Waals surface area contributed by atoms with Gasteiger partial charge in [0.1, 0.15) is 0 Å². The van der Waals surface area contributed by atoms with E-state index in [1.54, 1.807) is 0 Å². The van der Waals surface area contributed by atoms with Crippen LogP contribution < -0.4 is 5.32 Å². The van der Waals surface area contributed by atoms with E-state index in [0.717, 1.165) is 0 Å². The molecule has 0 radical (unpaired) electrons. The van der Waals surface area contributed by atoms with Crippen molar-refractivity contribution >= 4 is 0 Å². The summed E-state index contributed by atoms with van der Waals surface area (Å²) in [4.78, 5) is 0. The zero-order valence-corrected chi connectivity index (χ0v) is 8.70. The summed E-state index contributed by atoms with van der Waals surface area (Å²) < 4.78 is 0. The summed E-state index contributed by atoms with van der Waals surface area (Å²) in [5.41, 5.74) is 0.324. The SMILES string of the molecule is CCCC(C)(C)NC(C)CC. The summed E-state index contributed by atoms with van der Waals surface area (Å²) in [6.07, 6.45) is 3.74. The fourth-order valence-corrected chi connectivity index (χ4v) is 1.47. The van der Waals surface area contributed by atoms with Crippen LogP contribution in [0.5, 0.6) is 0 Å². The molecule has 0 bridgehead atoms. The van der Waals surface area contributed by atoms with Crippen LogP contribution >= 0.6 is 0 Å². The second kappa shape index (κ2) is 4.76. The molecule has 0 saturated carbocycles. The fourth-order valence-electron chi connectivity index (χ4n) is 1.47. The molecule has 0 aromatic carbocycles. The minimum Gasteiger partial charge on any atom is -0.309 e. The minimum atomic E-state index is 0.324. The molecular weight excluding hydrogens is 134 g/mol. The van der Waals surface area contributed by atoms with Gasteiger partial charge in [0.2, 0.25) is 0 Å². The number of rotatable bonds is 5. The fraction of sp³-hybridized carbons (Fsp3) is 1.00. The van der Waals surface area contributed by atoms with E-state index in [0.29, 0.717) is 11.6 Å². The van der Waals surface area contributed by atoms with Crippen molar-refractivity contribution in [2.24, 2.45) is 0 Å². The monoisotopic (exact) mass is 157 g/mol. The lowest BCUT2D eigenvalue weighted by atomic mass is 9.97. The molecule has 1 nitrogen and oxygen atoms in total. The molecule has 0 aromatic heterocycles. The smallest absolute Gasteiger partial charge is 0.0127 e. The van der Waals surface area contributed by atoms with Crippen molar-refractivity contribution in [3.63, 3.8) is 0 Å². The highest BCUT2D eigenvalue weighted by molar-refractivity contribution is 4.79. The van der Waals surface area contributed by atoms with Crippen LogP contribution in [0.25, 0.3) is 0 Å². The Morgan fingerprint density at radius 1 is 1.27 bits per heavy atom. The summed E-state index contributed by atoms with van der Waals surface area (Å²) in [6, 6.07) is 0.650. The number of hydrogen-bond donors (Lipinski definition) is 1. The van der Waals surface area contributed by atoms with E-state index in [1.165, 1.54) is 19.3 Å². The predicted molar refractivity (Wildman–Crippen MR) is 51.9 cm³/mol. The topological polar surface area (TPSA) is 12.0 Å². The molecule has 0 aliphatic rings. The van der Waals surface area contributed by atoms with Gasteiger partial charge >= 0.3 is 0 Å². The molecule has 0 aliphatic carbocycles. The van der Waals surface area contributed by atoms with Gasteiger partial charge in [0.15, 0.2) is 0 Å². The van der Waals surface area contributed by atoms with Crippen LogP contribution in [0.2, 0.25) is 0 Å². The van der Waals surface area contributed by atoms with Gasteiger partial charge in [-0.15, -0.1) is 0 Å². The third kappa shape index (κ3) is 5.25. The van der Waals surface area contributed by atoms with Crippen LogP contribution in [0, 0.1) is 0 Å². The molecule has 1 unspecified atom stereocenters. The van der Waals surface area contributed by atoms with Crippen molar-refractivity contribution in [3.8, 4) is 0 Å². The lowest BCUT2D eigenvalue weighted by Crippen LogP contribution is -2.44. The van der Waals surface area contributed by atoms with Crippen LogP contribution in [0.1, 0.15) is 53.9 Å². The molecule has 0 saturated heterocycles. The van der Waals surface area contributed by atoms with Gasteiger partial charge in [-0.2, -0.15) is 0 Å². The maximum absolute atomic E-state index is 3.61. The molecular formula is C10H23N. The molecule has 1 heteroatoms. The van der Waals surface area contributed by atoms with E-state index in [9.17, 15) is 0 Å². The first kappa shape index (κ1) is 11.0. The van der Waals surface area contributed by atoms with Crippen molar-refractivity contribution in [1.82, 2.24) is 5.32 Å². The number of hydrogen-bond acceptors (Lipinski definition) is 1. The van der Waals surface area contributed by atoms with Gasteiger partial charge in [0.05, 0.1) is 0 Å². The predicted octanol–water partition coefficient (Wildman–Crippen LogP) is 2.95. The Morgan fingerprint density at radius 3 is 2.18 bits per heavy atom. The van der Waals surface area contributed by atoms with Crippen molar-refractivity contribution in [3.05, 3.63) is 0 Å². The first-order chi connectivity index (χ1) is 5.02. The van der Waals surface area contributed by atoms with E-state index in [2.05, 4.69) is 39.9 Å². The normalized spacial score (nSPS) is 15.0. The lowest BCUT2D eigenvalue weighted by molar-refractivity contribution is 0.316. The summed E-state index contributed by atoms with van der Waals surface area (Å²) in [5.74, 6) is 0. The van der Waals surface area contributed by atoms with E-state index in [-0.39, 0.29) is 0 Å². The largest absolute Gasteiger partial charge is 0.309 e. The quantitative estimate of drug-likeness (QED) is 0.647. The minimum absolute atomic E-state index is 0.324. The maximum atomic E-state index is 3.61. The summed E-state index contributed by atoms with van der Waals surface area (Å²) >= 11 is 0. The lowest BCUT2D eigenvalue weighted by Gasteiger charge is -2.29. The Morgan fingerprint density at radius 2 is 1.82 bits per heavy atom. The average molecular weight is 157 g/mol. The highest BCUT2D eigenvalue weighted by atomic mass is 15.0. The van der Waals surface area contributed by atoms with E-state index < -0.39 is 0 Å².